The smallest absolute Gasteiger partial charge is 0.352 e. The number of alkyl halides is 3. The van der Waals surface area contributed by atoms with E-state index in [1.165, 1.54) is 0 Å². The zero-order valence-electron chi connectivity index (χ0n) is 14.0. The quantitative estimate of drug-likeness (QED) is 0.833. The van der Waals surface area contributed by atoms with Crippen molar-refractivity contribution in [2.75, 3.05) is 11.1 Å². The molecular weight excluding hydrogens is 367 g/mol. The van der Waals surface area contributed by atoms with Gasteiger partial charge >= 0.3 is 12.2 Å². The maximum absolute atomic E-state index is 13.4. The Labute approximate surface area is 153 Å². The summed E-state index contributed by atoms with van der Waals surface area (Å²) in [4.78, 5) is 25.7. The van der Waals surface area contributed by atoms with E-state index < -0.39 is 29.5 Å². The van der Waals surface area contributed by atoms with Gasteiger partial charge < -0.3 is 10.6 Å². The Morgan fingerprint density at radius 1 is 1.12 bits per heavy atom. The van der Waals surface area contributed by atoms with Crippen LogP contribution in [0.2, 0.25) is 0 Å². The summed E-state index contributed by atoms with van der Waals surface area (Å²) in [7, 11) is 0. The normalized spacial score (nSPS) is 23.9. The molecular formula is C17H20F3N3O2S. The average Bonchev–Trinajstić information content (AvgIpc) is 3.24. The molecule has 2 fully saturated rings. The SMILES string of the molecule is O=C(NC1CCCC1)[C@@H]1CS[C@@H](C(F)(F)F)N1C(=O)Nc1ccccc1. The van der Waals surface area contributed by atoms with Gasteiger partial charge in [0.25, 0.3) is 0 Å². The Bertz CT molecular complexity index is 650. The van der Waals surface area contributed by atoms with Crippen molar-refractivity contribution in [2.24, 2.45) is 0 Å². The molecule has 1 aromatic rings. The molecule has 1 aliphatic heterocycles. The van der Waals surface area contributed by atoms with Crippen LogP contribution in [0.4, 0.5) is 23.7 Å². The highest BCUT2D eigenvalue weighted by Gasteiger charge is 2.54. The van der Waals surface area contributed by atoms with E-state index >= 15 is 0 Å². The van der Waals surface area contributed by atoms with Gasteiger partial charge in [0.2, 0.25) is 5.91 Å². The van der Waals surface area contributed by atoms with Crippen molar-refractivity contribution in [1.82, 2.24) is 10.2 Å². The third kappa shape index (κ3) is 4.25. The first-order valence-electron chi connectivity index (χ1n) is 8.49. The fourth-order valence-electron chi connectivity index (χ4n) is 3.29. The Morgan fingerprint density at radius 2 is 1.77 bits per heavy atom. The van der Waals surface area contributed by atoms with Crippen LogP contribution in [0.15, 0.2) is 30.3 Å². The van der Waals surface area contributed by atoms with Crippen LogP contribution in [-0.4, -0.2) is 46.2 Å². The average molecular weight is 387 g/mol. The molecule has 0 radical (unpaired) electrons. The molecule has 1 saturated heterocycles. The molecule has 3 amide bonds. The number of hydrogen-bond donors (Lipinski definition) is 2. The second-order valence-corrected chi connectivity index (χ2v) is 7.55. The van der Waals surface area contributed by atoms with Gasteiger partial charge in [-0.1, -0.05) is 31.0 Å². The standard InChI is InChI=1S/C17H20F3N3O2S/c18-17(19,20)15-23(16(25)22-12-6-2-1-3-7-12)13(10-26-15)14(24)21-11-8-4-5-9-11/h1-3,6-7,11,13,15H,4-5,8-10H2,(H,21,24)(H,22,25)/t13-,15-/m0/s1. The first-order valence-corrected chi connectivity index (χ1v) is 9.54. The Kier molecular flexibility index (Phi) is 5.64. The van der Waals surface area contributed by atoms with E-state index in [9.17, 15) is 22.8 Å². The van der Waals surface area contributed by atoms with E-state index in [0.717, 1.165) is 25.7 Å². The summed E-state index contributed by atoms with van der Waals surface area (Å²) in [5.74, 6) is -0.593. The van der Waals surface area contributed by atoms with Crippen molar-refractivity contribution < 1.29 is 22.8 Å². The van der Waals surface area contributed by atoms with E-state index in [1.807, 2.05) is 0 Å². The van der Waals surface area contributed by atoms with Crippen LogP contribution < -0.4 is 10.6 Å². The molecule has 0 unspecified atom stereocenters. The number of rotatable bonds is 3. The highest BCUT2D eigenvalue weighted by atomic mass is 32.2. The number of halogens is 3. The van der Waals surface area contributed by atoms with Gasteiger partial charge in [0.1, 0.15) is 6.04 Å². The lowest BCUT2D eigenvalue weighted by molar-refractivity contribution is -0.154. The summed E-state index contributed by atoms with van der Waals surface area (Å²) in [6, 6.07) is 6.15. The molecule has 0 bridgehead atoms. The van der Waals surface area contributed by atoms with E-state index in [1.54, 1.807) is 30.3 Å². The number of thioether (sulfide) groups is 1. The van der Waals surface area contributed by atoms with E-state index in [2.05, 4.69) is 10.6 Å². The van der Waals surface area contributed by atoms with Crippen molar-refractivity contribution in [3.63, 3.8) is 0 Å². The molecule has 0 aromatic heterocycles. The highest BCUT2D eigenvalue weighted by Crippen LogP contribution is 2.40. The van der Waals surface area contributed by atoms with E-state index in [4.69, 9.17) is 0 Å². The van der Waals surface area contributed by atoms with Crippen LogP contribution in [0.25, 0.3) is 0 Å². The maximum atomic E-state index is 13.4. The fourth-order valence-corrected chi connectivity index (χ4v) is 4.55. The Hall–Kier alpha value is -1.90. The predicted molar refractivity (Wildman–Crippen MR) is 93.8 cm³/mol. The van der Waals surface area contributed by atoms with Crippen molar-refractivity contribution in [3.8, 4) is 0 Å². The topological polar surface area (TPSA) is 61.4 Å². The third-order valence-electron chi connectivity index (χ3n) is 4.54. The summed E-state index contributed by atoms with van der Waals surface area (Å²) >= 11 is 0.570. The number of hydrogen-bond acceptors (Lipinski definition) is 3. The molecule has 2 aliphatic rings. The lowest BCUT2D eigenvalue weighted by Gasteiger charge is -2.30. The summed E-state index contributed by atoms with van der Waals surface area (Å²) in [5.41, 5.74) is 0.380. The van der Waals surface area contributed by atoms with Gasteiger partial charge in [-0.3, -0.25) is 9.69 Å². The Morgan fingerprint density at radius 3 is 2.38 bits per heavy atom. The number of amides is 3. The van der Waals surface area contributed by atoms with Gasteiger partial charge in [-0.25, -0.2) is 4.79 Å². The molecule has 1 heterocycles. The van der Waals surface area contributed by atoms with E-state index in [0.29, 0.717) is 22.3 Å². The molecule has 1 saturated carbocycles. The molecule has 1 aliphatic carbocycles. The Balaban J connectivity index is 1.76. The lowest BCUT2D eigenvalue weighted by atomic mass is 10.2. The summed E-state index contributed by atoms with van der Waals surface area (Å²) in [5, 5.41) is 3.22. The minimum absolute atomic E-state index is 0.0172. The van der Waals surface area contributed by atoms with Crippen molar-refractivity contribution in [2.45, 2.75) is 49.3 Å². The number of carbonyl (C=O) groups is 2. The number of nitrogens with zero attached hydrogens (tertiary/aromatic N) is 1. The largest absolute Gasteiger partial charge is 0.418 e. The van der Waals surface area contributed by atoms with Crippen LogP contribution >= 0.6 is 11.8 Å². The zero-order chi connectivity index (χ0) is 18.7. The van der Waals surface area contributed by atoms with Gasteiger partial charge in [0, 0.05) is 17.5 Å². The van der Waals surface area contributed by atoms with Crippen molar-refractivity contribution in [1.29, 1.82) is 0 Å². The van der Waals surface area contributed by atoms with Crippen molar-refractivity contribution in [3.05, 3.63) is 30.3 Å². The van der Waals surface area contributed by atoms with Crippen LogP contribution in [0.3, 0.4) is 0 Å². The van der Waals surface area contributed by atoms with Gasteiger partial charge in [0.05, 0.1) is 0 Å². The number of benzene rings is 1. The highest BCUT2D eigenvalue weighted by molar-refractivity contribution is 8.00. The molecule has 5 nitrogen and oxygen atoms in total. The van der Waals surface area contributed by atoms with Gasteiger partial charge in [-0.2, -0.15) is 13.2 Å². The second-order valence-electron chi connectivity index (χ2n) is 6.44. The zero-order valence-corrected chi connectivity index (χ0v) is 14.8. The van der Waals surface area contributed by atoms with Gasteiger partial charge in [0.15, 0.2) is 5.37 Å². The monoisotopic (exact) mass is 387 g/mol. The minimum Gasteiger partial charge on any atom is -0.352 e. The molecule has 142 valence electrons. The number of nitrogens with one attached hydrogen (secondary N) is 2. The molecule has 0 spiro atoms. The molecule has 2 atom stereocenters. The number of urea groups is 1. The van der Waals surface area contributed by atoms with Crippen LogP contribution in [0.1, 0.15) is 25.7 Å². The van der Waals surface area contributed by atoms with E-state index in [-0.39, 0.29) is 11.8 Å². The first-order chi connectivity index (χ1) is 12.4. The van der Waals surface area contributed by atoms with Gasteiger partial charge in [-0.05, 0) is 25.0 Å². The van der Waals surface area contributed by atoms with Crippen LogP contribution in [0.5, 0.6) is 0 Å². The molecule has 1 aromatic carbocycles. The first kappa shape index (κ1) is 18.9. The fraction of sp³-hybridized carbons (Fsp3) is 0.529. The van der Waals surface area contributed by atoms with Crippen LogP contribution in [0, 0.1) is 0 Å². The lowest BCUT2D eigenvalue weighted by Crippen LogP contribution is -2.55. The number of anilines is 1. The van der Waals surface area contributed by atoms with Crippen LogP contribution in [-0.2, 0) is 4.79 Å². The molecule has 2 N–H and O–H groups in total. The second kappa shape index (κ2) is 7.77. The molecule has 3 rings (SSSR count). The minimum atomic E-state index is -4.61. The number of para-hydroxylation sites is 1. The van der Waals surface area contributed by atoms with Gasteiger partial charge in [-0.15, -0.1) is 11.8 Å². The third-order valence-corrected chi connectivity index (χ3v) is 5.86. The summed E-state index contributed by atoms with van der Waals surface area (Å²) in [6.07, 6.45) is -0.975. The summed E-state index contributed by atoms with van der Waals surface area (Å²) < 4.78 is 40.1. The molecule has 9 heteroatoms. The number of carbonyl (C=O) groups excluding carboxylic acids is 2. The summed E-state index contributed by atoms with van der Waals surface area (Å²) in [6.45, 7) is 0. The maximum Gasteiger partial charge on any atom is 0.418 e. The molecule has 26 heavy (non-hydrogen) atoms. The van der Waals surface area contributed by atoms with Crippen molar-refractivity contribution >= 4 is 29.4 Å². The predicted octanol–water partition coefficient (Wildman–Crippen LogP) is 3.58.